The second-order valence-corrected chi connectivity index (χ2v) is 6.21. The number of halogens is 3. The molecule has 1 atom stereocenters. The summed E-state index contributed by atoms with van der Waals surface area (Å²) in [7, 11) is 0. The summed E-state index contributed by atoms with van der Waals surface area (Å²) in [6.45, 7) is 1.46. The average Bonchev–Trinajstić information content (AvgIpc) is 2.57. The second-order valence-electron chi connectivity index (χ2n) is 4.99. The highest BCUT2D eigenvalue weighted by Gasteiger charge is 2.19. The lowest BCUT2D eigenvalue weighted by molar-refractivity contribution is -0.384. The van der Waals surface area contributed by atoms with Crippen molar-refractivity contribution in [3.63, 3.8) is 0 Å². The Labute approximate surface area is 158 Å². The van der Waals surface area contributed by atoms with Gasteiger partial charge in [0.25, 0.3) is 5.69 Å². The van der Waals surface area contributed by atoms with E-state index in [0.29, 0.717) is 5.56 Å². The summed E-state index contributed by atoms with van der Waals surface area (Å²) >= 11 is 17.7. The standard InChI is InChI=1S/C16H12Cl3NO5/c1-9(25-15-7-13(18)12(17)6-14(15)19)16(21)24-8-10-2-4-11(5-3-10)20(22)23/h2-7,9H,8H2,1H3. The highest BCUT2D eigenvalue weighted by atomic mass is 35.5. The predicted molar refractivity (Wildman–Crippen MR) is 94.5 cm³/mol. The van der Waals surface area contributed by atoms with Crippen LogP contribution >= 0.6 is 34.8 Å². The van der Waals surface area contributed by atoms with E-state index in [1.165, 1.54) is 43.3 Å². The van der Waals surface area contributed by atoms with E-state index < -0.39 is 17.0 Å². The van der Waals surface area contributed by atoms with Gasteiger partial charge >= 0.3 is 5.97 Å². The average molecular weight is 405 g/mol. The van der Waals surface area contributed by atoms with Crippen LogP contribution in [0.3, 0.4) is 0 Å². The van der Waals surface area contributed by atoms with Crippen molar-refractivity contribution in [2.75, 3.05) is 0 Å². The minimum absolute atomic E-state index is 0.0407. The van der Waals surface area contributed by atoms with Crippen molar-refractivity contribution >= 4 is 46.5 Å². The number of esters is 1. The molecule has 2 aromatic carbocycles. The lowest BCUT2D eigenvalue weighted by Gasteiger charge is -2.15. The zero-order chi connectivity index (χ0) is 18.6. The maximum Gasteiger partial charge on any atom is 0.347 e. The van der Waals surface area contributed by atoms with Gasteiger partial charge in [-0.25, -0.2) is 4.79 Å². The molecule has 0 aliphatic rings. The van der Waals surface area contributed by atoms with E-state index in [4.69, 9.17) is 44.3 Å². The monoisotopic (exact) mass is 403 g/mol. The number of nitro benzene ring substituents is 1. The van der Waals surface area contributed by atoms with E-state index in [9.17, 15) is 14.9 Å². The van der Waals surface area contributed by atoms with Gasteiger partial charge in [0.1, 0.15) is 12.4 Å². The maximum absolute atomic E-state index is 12.0. The van der Waals surface area contributed by atoms with Crippen LogP contribution in [-0.2, 0) is 16.1 Å². The van der Waals surface area contributed by atoms with Gasteiger partial charge in [0, 0.05) is 18.2 Å². The van der Waals surface area contributed by atoms with Gasteiger partial charge in [-0.2, -0.15) is 0 Å². The number of nitrogens with zero attached hydrogens (tertiary/aromatic N) is 1. The molecule has 0 heterocycles. The van der Waals surface area contributed by atoms with Gasteiger partial charge in [0.2, 0.25) is 0 Å². The molecule has 132 valence electrons. The van der Waals surface area contributed by atoms with Crippen LogP contribution in [0.4, 0.5) is 5.69 Å². The minimum Gasteiger partial charge on any atom is -0.477 e. The highest BCUT2D eigenvalue weighted by Crippen LogP contribution is 2.34. The number of benzene rings is 2. The summed E-state index contributed by atoms with van der Waals surface area (Å²) < 4.78 is 10.6. The zero-order valence-corrected chi connectivity index (χ0v) is 15.1. The first-order chi connectivity index (χ1) is 11.8. The molecule has 6 nitrogen and oxygen atoms in total. The summed E-state index contributed by atoms with van der Waals surface area (Å²) in [6, 6.07) is 8.50. The van der Waals surface area contributed by atoms with Crippen LogP contribution in [0.25, 0.3) is 0 Å². The molecule has 2 aromatic rings. The number of carbonyl (C=O) groups excluding carboxylic acids is 1. The summed E-state index contributed by atoms with van der Waals surface area (Å²) in [5, 5.41) is 11.3. The molecular weight excluding hydrogens is 393 g/mol. The van der Waals surface area contributed by atoms with E-state index in [-0.39, 0.29) is 33.1 Å². The van der Waals surface area contributed by atoms with Crippen molar-refractivity contribution in [2.24, 2.45) is 0 Å². The molecule has 0 fully saturated rings. The first kappa shape index (κ1) is 19.3. The van der Waals surface area contributed by atoms with Gasteiger partial charge in [0.05, 0.1) is 20.0 Å². The van der Waals surface area contributed by atoms with Gasteiger partial charge in [-0.05, 0) is 30.7 Å². The Hall–Kier alpha value is -2.02. The fourth-order valence-corrected chi connectivity index (χ4v) is 2.40. The topological polar surface area (TPSA) is 78.7 Å². The molecule has 9 heteroatoms. The largest absolute Gasteiger partial charge is 0.477 e. The van der Waals surface area contributed by atoms with Crippen molar-refractivity contribution in [2.45, 2.75) is 19.6 Å². The molecule has 0 aliphatic heterocycles. The molecule has 0 aromatic heterocycles. The zero-order valence-electron chi connectivity index (χ0n) is 12.9. The van der Waals surface area contributed by atoms with Crippen LogP contribution < -0.4 is 4.74 Å². The molecule has 0 saturated heterocycles. The third-order valence-corrected chi connectivity index (χ3v) is 4.16. The van der Waals surface area contributed by atoms with E-state index in [1.54, 1.807) is 0 Å². The molecule has 0 aliphatic carbocycles. The third kappa shape index (κ3) is 5.22. The van der Waals surface area contributed by atoms with Gasteiger partial charge in [0.15, 0.2) is 6.10 Å². The minimum atomic E-state index is -0.937. The van der Waals surface area contributed by atoms with Crippen LogP contribution in [0, 0.1) is 10.1 Å². The van der Waals surface area contributed by atoms with Gasteiger partial charge in [-0.3, -0.25) is 10.1 Å². The number of hydrogen-bond acceptors (Lipinski definition) is 5. The molecule has 0 radical (unpaired) electrons. The number of ether oxygens (including phenoxy) is 2. The number of non-ortho nitro benzene ring substituents is 1. The maximum atomic E-state index is 12.0. The summed E-state index contributed by atoms with van der Waals surface area (Å²) in [5.74, 6) is -0.420. The fraction of sp³-hybridized carbons (Fsp3) is 0.188. The Morgan fingerprint density at radius 3 is 2.32 bits per heavy atom. The predicted octanol–water partition coefficient (Wildman–Crippen LogP) is 5.07. The molecule has 25 heavy (non-hydrogen) atoms. The molecule has 0 N–H and O–H groups in total. The number of carbonyl (C=O) groups is 1. The Balaban J connectivity index is 1.94. The Bertz CT molecular complexity index is 795. The molecular formula is C16H12Cl3NO5. The first-order valence-electron chi connectivity index (χ1n) is 6.99. The Morgan fingerprint density at radius 1 is 1.12 bits per heavy atom. The van der Waals surface area contributed by atoms with Crippen molar-refractivity contribution < 1.29 is 19.2 Å². The molecule has 2 rings (SSSR count). The number of nitro groups is 1. The molecule has 0 amide bonds. The number of hydrogen-bond donors (Lipinski definition) is 0. The van der Waals surface area contributed by atoms with Gasteiger partial charge in [-0.15, -0.1) is 0 Å². The molecule has 0 saturated carbocycles. The summed E-state index contributed by atoms with van der Waals surface area (Å²) in [4.78, 5) is 22.1. The van der Waals surface area contributed by atoms with E-state index in [1.807, 2.05) is 0 Å². The van der Waals surface area contributed by atoms with Crippen LogP contribution in [0.2, 0.25) is 15.1 Å². The van der Waals surface area contributed by atoms with Crippen LogP contribution in [0.5, 0.6) is 5.75 Å². The van der Waals surface area contributed by atoms with Crippen LogP contribution in [-0.4, -0.2) is 17.0 Å². The fourth-order valence-electron chi connectivity index (χ4n) is 1.82. The van der Waals surface area contributed by atoms with Crippen LogP contribution in [0.15, 0.2) is 36.4 Å². The SMILES string of the molecule is CC(Oc1cc(Cl)c(Cl)cc1Cl)C(=O)OCc1ccc([N+](=O)[O-])cc1. The van der Waals surface area contributed by atoms with E-state index in [2.05, 4.69) is 0 Å². The molecule has 0 spiro atoms. The lowest BCUT2D eigenvalue weighted by Crippen LogP contribution is -2.26. The Kier molecular flexibility index (Phi) is 6.47. The lowest BCUT2D eigenvalue weighted by atomic mass is 10.2. The van der Waals surface area contributed by atoms with Crippen molar-refractivity contribution in [1.29, 1.82) is 0 Å². The Morgan fingerprint density at radius 2 is 1.72 bits per heavy atom. The third-order valence-electron chi connectivity index (χ3n) is 3.14. The number of rotatable bonds is 6. The summed E-state index contributed by atoms with van der Waals surface area (Å²) in [6.07, 6.45) is -0.937. The van der Waals surface area contributed by atoms with Crippen molar-refractivity contribution in [3.8, 4) is 5.75 Å². The van der Waals surface area contributed by atoms with E-state index >= 15 is 0 Å². The first-order valence-corrected chi connectivity index (χ1v) is 8.12. The normalized spacial score (nSPS) is 11.7. The van der Waals surface area contributed by atoms with Crippen molar-refractivity contribution in [3.05, 3.63) is 67.1 Å². The van der Waals surface area contributed by atoms with Crippen LogP contribution in [0.1, 0.15) is 12.5 Å². The van der Waals surface area contributed by atoms with E-state index in [0.717, 1.165) is 0 Å². The highest BCUT2D eigenvalue weighted by molar-refractivity contribution is 6.43. The smallest absolute Gasteiger partial charge is 0.347 e. The van der Waals surface area contributed by atoms with Crippen molar-refractivity contribution in [1.82, 2.24) is 0 Å². The van der Waals surface area contributed by atoms with Gasteiger partial charge < -0.3 is 9.47 Å². The molecule has 0 bridgehead atoms. The second kappa shape index (κ2) is 8.38. The van der Waals surface area contributed by atoms with Gasteiger partial charge in [-0.1, -0.05) is 34.8 Å². The quantitative estimate of drug-likeness (QED) is 0.291. The summed E-state index contributed by atoms with van der Waals surface area (Å²) in [5.41, 5.74) is 0.569. The molecule has 1 unspecified atom stereocenters.